The van der Waals surface area contributed by atoms with Crippen molar-refractivity contribution in [3.63, 3.8) is 0 Å². The highest BCUT2D eigenvalue weighted by atomic mass is 16.5. The maximum absolute atomic E-state index is 12.5. The number of carbonyl (C=O) groups is 2. The molecule has 0 bridgehead atoms. The zero-order valence-corrected chi connectivity index (χ0v) is 58.3. The topological polar surface area (TPSA) is 95.9 Å². The smallest absolute Gasteiger partial charge is 0.305 e. The molecule has 2 atom stereocenters. The predicted molar refractivity (Wildman–Crippen MR) is 379 cm³/mol. The van der Waals surface area contributed by atoms with Crippen LogP contribution >= 0.6 is 0 Å². The van der Waals surface area contributed by atoms with Crippen LogP contribution in [0.5, 0.6) is 0 Å². The number of nitrogens with one attached hydrogen (secondary N) is 1. The molecule has 0 saturated carbocycles. The van der Waals surface area contributed by atoms with Gasteiger partial charge in [-0.15, -0.1) is 0 Å². The Kier molecular flexibility index (Phi) is 73.9. The van der Waals surface area contributed by atoms with Gasteiger partial charge in [0, 0.05) is 12.8 Å². The summed E-state index contributed by atoms with van der Waals surface area (Å²) in [7, 11) is 0. The van der Waals surface area contributed by atoms with E-state index in [1.165, 1.54) is 353 Å². The van der Waals surface area contributed by atoms with E-state index < -0.39 is 12.1 Å². The van der Waals surface area contributed by atoms with Crippen LogP contribution in [0.4, 0.5) is 0 Å². The minimum atomic E-state index is -0.662. The molecule has 0 radical (unpaired) electrons. The lowest BCUT2D eigenvalue weighted by atomic mass is 10.0. The Morgan fingerprint density at radius 2 is 0.581 bits per heavy atom. The monoisotopic (exact) mass is 1210 g/mol. The third-order valence-corrected chi connectivity index (χ3v) is 18.4. The lowest BCUT2D eigenvalue weighted by molar-refractivity contribution is -0.143. The summed E-state index contributed by atoms with van der Waals surface area (Å²) in [4.78, 5) is 24.6. The van der Waals surface area contributed by atoms with Gasteiger partial charge in [-0.25, -0.2) is 0 Å². The van der Waals surface area contributed by atoms with Crippen molar-refractivity contribution >= 4 is 11.9 Å². The van der Waals surface area contributed by atoms with Crippen molar-refractivity contribution in [2.24, 2.45) is 0 Å². The number of amides is 1. The maximum atomic E-state index is 12.5. The number of unbranched alkanes of at least 4 members (excludes halogenated alkanes) is 57. The number of rotatable bonds is 74. The maximum Gasteiger partial charge on any atom is 0.305 e. The van der Waals surface area contributed by atoms with E-state index in [0.29, 0.717) is 25.9 Å². The fourth-order valence-electron chi connectivity index (χ4n) is 12.4. The Hall–Kier alpha value is -1.92. The van der Waals surface area contributed by atoms with Crippen LogP contribution in [0.3, 0.4) is 0 Å². The van der Waals surface area contributed by atoms with E-state index in [1.54, 1.807) is 0 Å². The van der Waals surface area contributed by atoms with Gasteiger partial charge in [-0.2, -0.15) is 0 Å². The largest absolute Gasteiger partial charge is 0.466 e. The lowest BCUT2D eigenvalue weighted by Gasteiger charge is -2.22. The number of hydrogen-bond donors (Lipinski definition) is 3. The average Bonchev–Trinajstić information content (AvgIpc) is 3.54. The number of esters is 1. The van der Waals surface area contributed by atoms with E-state index in [0.717, 1.165) is 51.4 Å². The molecule has 6 nitrogen and oxygen atoms in total. The second-order valence-electron chi connectivity index (χ2n) is 27.0. The van der Waals surface area contributed by atoms with Crippen molar-refractivity contribution in [1.29, 1.82) is 0 Å². The molecule has 0 spiro atoms. The van der Waals surface area contributed by atoms with Gasteiger partial charge in [0.25, 0.3) is 0 Å². The van der Waals surface area contributed by atoms with Crippen molar-refractivity contribution in [3.8, 4) is 0 Å². The molecule has 86 heavy (non-hydrogen) atoms. The van der Waals surface area contributed by atoms with Crippen molar-refractivity contribution in [1.82, 2.24) is 5.32 Å². The van der Waals surface area contributed by atoms with Gasteiger partial charge >= 0.3 is 5.97 Å². The quantitative estimate of drug-likeness (QED) is 0.0320. The van der Waals surface area contributed by atoms with Crippen LogP contribution < -0.4 is 5.32 Å². The van der Waals surface area contributed by atoms with E-state index in [2.05, 4.69) is 55.6 Å². The number of allylic oxidation sites excluding steroid dienone is 6. The van der Waals surface area contributed by atoms with Crippen molar-refractivity contribution in [2.45, 2.75) is 450 Å². The minimum Gasteiger partial charge on any atom is -0.466 e. The Labute approximate surface area is 538 Å². The number of carbonyl (C=O) groups excluding carboxylic acids is 2. The van der Waals surface area contributed by atoms with E-state index in [4.69, 9.17) is 4.74 Å². The van der Waals surface area contributed by atoms with Gasteiger partial charge in [0.15, 0.2) is 0 Å². The van der Waals surface area contributed by atoms with Crippen LogP contribution in [0.25, 0.3) is 0 Å². The number of hydrogen-bond acceptors (Lipinski definition) is 5. The van der Waals surface area contributed by atoms with E-state index in [1.807, 2.05) is 0 Å². The molecule has 0 aromatic carbocycles. The number of ether oxygens (including phenoxy) is 1. The molecule has 1 amide bonds. The molecule has 6 heteroatoms. The molecule has 0 aliphatic rings. The minimum absolute atomic E-state index is 0.00732. The summed E-state index contributed by atoms with van der Waals surface area (Å²) in [5.74, 6) is -0.0199. The molecule has 0 heterocycles. The second-order valence-corrected chi connectivity index (χ2v) is 27.0. The SMILES string of the molecule is CCCCCC/C=C\C/C=C\CCCCCCCC(=O)OCCCCCCCCCCCCCCCC/C=C\CCCCCCCCCCCCCCCCCCCC(=O)NC(CO)C(O)CCCCCCCCCCCCCCCCCCCC. The first-order chi connectivity index (χ1) is 42.5. The Morgan fingerprint density at radius 3 is 0.907 bits per heavy atom. The van der Waals surface area contributed by atoms with Crippen LogP contribution in [0, 0.1) is 0 Å². The van der Waals surface area contributed by atoms with Gasteiger partial charge in [-0.1, -0.05) is 378 Å². The molecule has 508 valence electrons. The highest BCUT2D eigenvalue weighted by molar-refractivity contribution is 5.76. The summed E-state index contributed by atoms with van der Waals surface area (Å²) >= 11 is 0. The first-order valence-corrected chi connectivity index (χ1v) is 39.2. The van der Waals surface area contributed by atoms with Gasteiger partial charge < -0.3 is 20.3 Å². The molecule has 0 aromatic rings. The molecular weight excluding hydrogens is 1050 g/mol. The zero-order valence-electron chi connectivity index (χ0n) is 58.3. The van der Waals surface area contributed by atoms with Crippen LogP contribution in [-0.4, -0.2) is 47.4 Å². The fourth-order valence-corrected chi connectivity index (χ4v) is 12.4. The van der Waals surface area contributed by atoms with Crippen LogP contribution in [0.2, 0.25) is 0 Å². The van der Waals surface area contributed by atoms with E-state index in [-0.39, 0.29) is 18.5 Å². The van der Waals surface area contributed by atoms with Crippen LogP contribution in [0.15, 0.2) is 36.5 Å². The molecule has 0 aromatic heterocycles. The molecule has 3 N–H and O–H groups in total. The normalized spacial score (nSPS) is 12.7. The number of aliphatic hydroxyl groups is 2. The Balaban J connectivity index is 3.34. The molecule has 0 rings (SSSR count). The van der Waals surface area contributed by atoms with Crippen molar-refractivity contribution in [3.05, 3.63) is 36.5 Å². The van der Waals surface area contributed by atoms with Gasteiger partial charge in [0.05, 0.1) is 25.4 Å². The average molecular weight is 1210 g/mol. The third-order valence-electron chi connectivity index (χ3n) is 18.4. The van der Waals surface area contributed by atoms with Crippen LogP contribution in [-0.2, 0) is 14.3 Å². The van der Waals surface area contributed by atoms with Crippen LogP contribution in [0.1, 0.15) is 438 Å². The summed E-state index contributed by atoms with van der Waals surface area (Å²) in [5.41, 5.74) is 0. The molecular formula is C80H153NO5. The first kappa shape index (κ1) is 84.1. The molecule has 0 fully saturated rings. The van der Waals surface area contributed by atoms with Crippen molar-refractivity contribution < 1.29 is 24.5 Å². The standard InChI is InChI=1S/C80H153NO5/c1-3-5-7-9-11-13-15-17-19-21-41-44-48-52-56-60-64-68-72-78(83)77(76-82)81-79(84)73-69-65-61-57-53-49-45-42-39-37-35-33-31-29-27-25-23-22-24-26-28-30-32-34-36-38-40-43-47-51-55-59-63-67-71-75-86-80(85)74-70-66-62-58-54-50-46-20-18-16-14-12-10-8-6-4-2/h14,16,20,24,26,46,77-78,82-83H,3-13,15,17-19,21-23,25,27-45,47-76H2,1-2H3,(H,81,84)/b16-14-,26-24-,46-20-. The molecule has 0 aliphatic carbocycles. The Bertz CT molecular complexity index is 1390. The Morgan fingerprint density at radius 1 is 0.326 bits per heavy atom. The lowest BCUT2D eigenvalue weighted by Crippen LogP contribution is -2.45. The molecule has 2 unspecified atom stereocenters. The third kappa shape index (κ3) is 71.2. The van der Waals surface area contributed by atoms with E-state index >= 15 is 0 Å². The first-order valence-electron chi connectivity index (χ1n) is 39.2. The van der Waals surface area contributed by atoms with Crippen molar-refractivity contribution in [2.75, 3.05) is 13.2 Å². The van der Waals surface area contributed by atoms with Gasteiger partial charge in [-0.05, 0) is 83.5 Å². The highest BCUT2D eigenvalue weighted by Gasteiger charge is 2.20. The van der Waals surface area contributed by atoms with Gasteiger partial charge in [0.2, 0.25) is 5.91 Å². The summed E-state index contributed by atoms with van der Waals surface area (Å²) in [6.07, 6.45) is 98.0. The van der Waals surface area contributed by atoms with Gasteiger partial charge in [-0.3, -0.25) is 9.59 Å². The zero-order chi connectivity index (χ0) is 62.0. The molecule has 0 saturated heterocycles. The number of aliphatic hydroxyl groups excluding tert-OH is 2. The van der Waals surface area contributed by atoms with E-state index in [9.17, 15) is 19.8 Å². The summed E-state index contributed by atoms with van der Waals surface area (Å²) in [6.45, 7) is 4.97. The molecule has 0 aliphatic heterocycles. The predicted octanol–water partition coefficient (Wildman–Crippen LogP) is 25.8. The highest BCUT2D eigenvalue weighted by Crippen LogP contribution is 2.20. The fraction of sp³-hybridized carbons (Fsp3) is 0.900. The van der Waals surface area contributed by atoms with Gasteiger partial charge in [0.1, 0.15) is 0 Å². The summed E-state index contributed by atoms with van der Waals surface area (Å²) < 4.78 is 5.50. The summed E-state index contributed by atoms with van der Waals surface area (Å²) in [5, 5.41) is 23.4. The summed E-state index contributed by atoms with van der Waals surface area (Å²) in [6, 6.07) is -0.539. The second kappa shape index (κ2) is 75.5.